The highest BCUT2D eigenvalue weighted by Crippen LogP contribution is 2.26. The Balaban J connectivity index is 1.45. The van der Waals surface area contributed by atoms with Gasteiger partial charge in [-0.15, -0.1) is 11.3 Å². The monoisotopic (exact) mass is 373 g/mol. The van der Waals surface area contributed by atoms with E-state index in [4.69, 9.17) is 0 Å². The van der Waals surface area contributed by atoms with Crippen molar-refractivity contribution in [3.05, 3.63) is 69.3 Å². The zero-order chi connectivity index (χ0) is 18.1. The van der Waals surface area contributed by atoms with Gasteiger partial charge in [0, 0.05) is 43.2 Å². The van der Waals surface area contributed by atoms with Crippen molar-refractivity contribution < 1.29 is 4.39 Å². The van der Waals surface area contributed by atoms with Crippen molar-refractivity contribution in [3.8, 4) is 0 Å². The summed E-state index contributed by atoms with van der Waals surface area (Å²) in [4.78, 5) is 19.6. The van der Waals surface area contributed by atoms with Crippen LogP contribution >= 0.6 is 11.3 Å². The minimum absolute atomic E-state index is 0.0481. The summed E-state index contributed by atoms with van der Waals surface area (Å²) >= 11 is 1.46. The van der Waals surface area contributed by atoms with Crippen LogP contribution < -0.4 is 16.4 Å². The third kappa shape index (κ3) is 3.54. The molecule has 4 rings (SSSR count). The molecule has 1 aliphatic heterocycles. The molecule has 6 nitrogen and oxygen atoms in total. The molecule has 3 aromatic rings. The van der Waals surface area contributed by atoms with E-state index in [2.05, 4.69) is 20.7 Å². The molecule has 3 heterocycles. The highest BCUT2D eigenvalue weighted by atomic mass is 32.1. The molecule has 0 spiro atoms. The summed E-state index contributed by atoms with van der Waals surface area (Å²) in [5.74, 6) is 0.103. The van der Waals surface area contributed by atoms with Gasteiger partial charge in [-0.2, -0.15) is 0 Å². The lowest BCUT2D eigenvalue weighted by molar-refractivity contribution is 0.260. The normalized spacial score (nSPS) is 20.3. The quantitative estimate of drug-likeness (QED) is 0.714. The predicted molar refractivity (Wildman–Crippen MR) is 99.4 cm³/mol. The first-order valence-corrected chi connectivity index (χ1v) is 9.36. The fourth-order valence-electron chi connectivity index (χ4n) is 3.44. The number of aromatic nitrogens is 2. The van der Waals surface area contributed by atoms with Crippen molar-refractivity contribution >= 4 is 16.3 Å². The van der Waals surface area contributed by atoms with E-state index in [0.717, 1.165) is 24.3 Å². The van der Waals surface area contributed by atoms with Crippen molar-refractivity contribution in [2.45, 2.75) is 12.6 Å². The molecule has 0 amide bonds. The minimum Gasteiger partial charge on any atom is -0.300 e. The molecular weight excluding hydrogens is 353 g/mol. The molecule has 0 aliphatic carbocycles. The van der Waals surface area contributed by atoms with Crippen LogP contribution in [0.2, 0.25) is 0 Å². The number of nitrogens with one attached hydrogen (secondary N) is 2. The lowest BCUT2D eigenvalue weighted by Gasteiger charge is -2.24. The Labute approximate surface area is 154 Å². The number of nitrogens with zero attached hydrogens (tertiary/aromatic N) is 3. The van der Waals surface area contributed by atoms with Crippen molar-refractivity contribution in [2.24, 2.45) is 5.92 Å². The lowest BCUT2D eigenvalue weighted by Crippen LogP contribution is -2.31. The van der Waals surface area contributed by atoms with Gasteiger partial charge < -0.3 is 4.90 Å². The highest BCUT2D eigenvalue weighted by molar-refractivity contribution is 7.15. The van der Waals surface area contributed by atoms with E-state index in [-0.39, 0.29) is 17.4 Å². The molecule has 26 heavy (non-hydrogen) atoms. The Kier molecular flexibility index (Phi) is 4.82. The molecular formula is C18H20FN5OS. The second kappa shape index (κ2) is 7.24. The van der Waals surface area contributed by atoms with Crippen LogP contribution in [-0.4, -0.2) is 34.4 Å². The average Bonchev–Trinajstić information content (AvgIpc) is 3.25. The van der Waals surface area contributed by atoms with E-state index in [1.54, 1.807) is 16.7 Å². The summed E-state index contributed by atoms with van der Waals surface area (Å²) in [6.45, 7) is 2.26. The second-order valence-electron chi connectivity index (χ2n) is 6.65. The third-order valence-electron chi connectivity index (χ3n) is 4.66. The van der Waals surface area contributed by atoms with Gasteiger partial charge in [-0.3, -0.25) is 14.6 Å². The first-order chi connectivity index (χ1) is 12.6. The van der Waals surface area contributed by atoms with Crippen LogP contribution in [0.1, 0.15) is 17.3 Å². The van der Waals surface area contributed by atoms with Crippen LogP contribution in [0.25, 0.3) is 4.96 Å². The van der Waals surface area contributed by atoms with Gasteiger partial charge in [0.1, 0.15) is 5.82 Å². The van der Waals surface area contributed by atoms with Gasteiger partial charge in [-0.05, 0) is 24.7 Å². The Morgan fingerprint density at radius 2 is 2.19 bits per heavy atom. The largest absolute Gasteiger partial charge is 0.300 e. The summed E-state index contributed by atoms with van der Waals surface area (Å²) < 4.78 is 14.7. The van der Waals surface area contributed by atoms with Crippen molar-refractivity contribution in [2.75, 3.05) is 20.1 Å². The minimum atomic E-state index is -0.227. The SMILES string of the molecule is CN(Cc1cc(=O)n2ccsc2n1)CC1CNNC1c1ccc(F)cc1. The Hall–Kier alpha value is -2.13. The molecule has 2 atom stereocenters. The summed E-state index contributed by atoms with van der Waals surface area (Å²) in [6.07, 6.45) is 1.74. The topological polar surface area (TPSA) is 61.7 Å². The number of rotatable bonds is 5. The van der Waals surface area contributed by atoms with Crippen LogP contribution in [0.5, 0.6) is 0 Å². The maximum absolute atomic E-state index is 13.2. The maximum Gasteiger partial charge on any atom is 0.258 e. The molecule has 2 unspecified atom stereocenters. The number of benzene rings is 1. The van der Waals surface area contributed by atoms with Gasteiger partial charge in [0.05, 0.1) is 11.7 Å². The van der Waals surface area contributed by atoms with E-state index in [0.29, 0.717) is 17.4 Å². The second-order valence-corrected chi connectivity index (χ2v) is 7.53. The molecule has 0 bridgehead atoms. The standard InChI is InChI=1S/C18H20FN5OS/c1-23(11-15-8-16(25)24-6-7-26-18(24)21-15)10-13-9-20-22-17(13)12-2-4-14(19)5-3-12/h2-8,13,17,20,22H,9-11H2,1H3. The van der Waals surface area contributed by atoms with Crippen molar-refractivity contribution in [1.82, 2.24) is 25.1 Å². The summed E-state index contributed by atoms with van der Waals surface area (Å²) in [5, 5.41) is 1.86. The summed E-state index contributed by atoms with van der Waals surface area (Å²) in [7, 11) is 2.03. The van der Waals surface area contributed by atoms with Gasteiger partial charge in [0.15, 0.2) is 4.96 Å². The molecule has 1 saturated heterocycles. The van der Waals surface area contributed by atoms with E-state index >= 15 is 0 Å². The molecule has 8 heteroatoms. The van der Waals surface area contributed by atoms with Crippen LogP contribution in [-0.2, 0) is 6.54 Å². The smallest absolute Gasteiger partial charge is 0.258 e. The fourth-order valence-corrected chi connectivity index (χ4v) is 4.18. The summed E-state index contributed by atoms with van der Waals surface area (Å²) in [6, 6.07) is 8.34. The predicted octanol–water partition coefficient (Wildman–Crippen LogP) is 1.79. The number of fused-ring (bicyclic) bond motifs is 1. The van der Waals surface area contributed by atoms with Crippen LogP contribution in [0.4, 0.5) is 4.39 Å². The van der Waals surface area contributed by atoms with E-state index in [9.17, 15) is 9.18 Å². The molecule has 0 saturated carbocycles. The van der Waals surface area contributed by atoms with Crippen LogP contribution in [0.3, 0.4) is 0 Å². The molecule has 136 valence electrons. The van der Waals surface area contributed by atoms with Crippen molar-refractivity contribution in [3.63, 3.8) is 0 Å². The lowest BCUT2D eigenvalue weighted by atomic mass is 9.94. The fraction of sp³-hybridized carbons (Fsp3) is 0.333. The molecule has 1 aliphatic rings. The average molecular weight is 373 g/mol. The summed E-state index contributed by atoms with van der Waals surface area (Å²) in [5.41, 5.74) is 8.26. The first-order valence-electron chi connectivity index (χ1n) is 8.48. The van der Waals surface area contributed by atoms with Crippen LogP contribution in [0, 0.1) is 11.7 Å². The Bertz CT molecular complexity index is 954. The number of hydrogen-bond donors (Lipinski definition) is 2. The zero-order valence-corrected chi connectivity index (χ0v) is 15.2. The van der Waals surface area contributed by atoms with Crippen molar-refractivity contribution in [1.29, 1.82) is 0 Å². The Morgan fingerprint density at radius 3 is 3.00 bits per heavy atom. The van der Waals surface area contributed by atoms with Gasteiger partial charge in [-0.25, -0.2) is 14.8 Å². The third-order valence-corrected chi connectivity index (χ3v) is 5.41. The van der Waals surface area contributed by atoms with E-state index in [1.165, 1.54) is 23.5 Å². The molecule has 2 aromatic heterocycles. The molecule has 1 fully saturated rings. The van der Waals surface area contributed by atoms with Crippen LogP contribution in [0.15, 0.2) is 46.7 Å². The van der Waals surface area contributed by atoms with E-state index in [1.807, 2.05) is 24.6 Å². The zero-order valence-electron chi connectivity index (χ0n) is 14.4. The molecule has 1 aromatic carbocycles. The molecule has 0 radical (unpaired) electrons. The number of thiazole rings is 1. The number of halogens is 1. The van der Waals surface area contributed by atoms with E-state index < -0.39 is 0 Å². The van der Waals surface area contributed by atoms with Gasteiger partial charge in [-0.1, -0.05) is 12.1 Å². The Morgan fingerprint density at radius 1 is 1.38 bits per heavy atom. The number of hydrazine groups is 1. The molecule has 2 N–H and O–H groups in total. The van der Waals surface area contributed by atoms with Gasteiger partial charge in [0.25, 0.3) is 5.56 Å². The van der Waals surface area contributed by atoms with Gasteiger partial charge >= 0.3 is 0 Å². The highest BCUT2D eigenvalue weighted by Gasteiger charge is 2.29. The van der Waals surface area contributed by atoms with Gasteiger partial charge in [0.2, 0.25) is 0 Å². The maximum atomic E-state index is 13.2. The number of hydrogen-bond acceptors (Lipinski definition) is 6. The first kappa shape index (κ1) is 17.3.